The van der Waals surface area contributed by atoms with Crippen LogP contribution >= 0.6 is 0 Å². The molecule has 0 atom stereocenters. The first-order valence-corrected chi connectivity index (χ1v) is 10.5. The number of guanidine groups is 1. The number of carboxylic acid groups (broad SMARTS) is 1. The Balaban J connectivity index is 0.00000118. The van der Waals surface area contributed by atoms with Crippen LogP contribution in [0.2, 0.25) is 0 Å². The molecule has 0 fully saturated rings. The van der Waals surface area contributed by atoms with E-state index in [9.17, 15) is 8.42 Å². The molecule has 0 aliphatic heterocycles. The van der Waals surface area contributed by atoms with Gasteiger partial charge in [-0.05, 0) is 36.8 Å². The molecule has 0 radical (unpaired) electrons. The summed E-state index contributed by atoms with van der Waals surface area (Å²) in [5, 5.41) is 19.5. The molecule has 0 aromatic heterocycles. The Morgan fingerprint density at radius 1 is 1.25 bits per heavy atom. The molecule has 174 valence electrons. The van der Waals surface area contributed by atoms with Gasteiger partial charge >= 0.3 is 10.1 Å². The van der Waals surface area contributed by atoms with Crippen LogP contribution in [0.1, 0.15) is 12.5 Å². The van der Waals surface area contributed by atoms with Gasteiger partial charge in [-0.25, -0.2) is 5.01 Å². The Morgan fingerprint density at radius 3 is 2.41 bits per heavy atom. The standard InChI is InChI=1S/C18H22N4O5S.C2H4O2/c1-13-10-14(26-9-8-22(21-2)18(19)20)12-15(11-13)27-28(23,24)17-7-5-4-6-16(17)25-3;1-2(3)4/h4-7,10-12H,2,8-9H2,1,3H3,(H3,19,20);1H3,(H,3,4). The zero-order chi connectivity index (χ0) is 24.3. The van der Waals surface area contributed by atoms with E-state index in [4.69, 9.17) is 34.7 Å². The van der Waals surface area contributed by atoms with Crippen LogP contribution in [0.3, 0.4) is 0 Å². The van der Waals surface area contributed by atoms with Gasteiger partial charge < -0.3 is 24.5 Å². The number of para-hydroxylation sites is 1. The average molecular weight is 467 g/mol. The van der Waals surface area contributed by atoms with E-state index >= 15 is 0 Å². The molecule has 0 bridgehead atoms. The molecule has 0 aliphatic carbocycles. The molecule has 0 unspecified atom stereocenters. The molecule has 0 aliphatic rings. The smallest absolute Gasteiger partial charge is 0.342 e. The summed E-state index contributed by atoms with van der Waals surface area (Å²) in [5.74, 6) is -0.397. The average Bonchev–Trinajstić information content (AvgIpc) is 2.69. The second-order valence-electron chi connectivity index (χ2n) is 6.19. The maximum Gasteiger partial charge on any atom is 0.342 e. The number of aryl methyl sites for hydroxylation is 1. The fourth-order valence-corrected chi connectivity index (χ4v) is 3.44. The van der Waals surface area contributed by atoms with E-state index in [0.29, 0.717) is 5.75 Å². The third kappa shape index (κ3) is 8.52. The summed E-state index contributed by atoms with van der Waals surface area (Å²) in [6, 6.07) is 10.9. The van der Waals surface area contributed by atoms with E-state index in [1.165, 1.54) is 30.3 Å². The van der Waals surface area contributed by atoms with E-state index in [0.717, 1.165) is 12.5 Å². The van der Waals surface area contributed by atoms with E-state index in [2.05, 4.69) is 11.8 Å². The van der Waals surface area contributed by atoms with Crippen molar-refractivity contribution in [2.75, 3.05) is 20.3 Å². The van der Waals surface area contributed by atoms with Crippen LogP contribution in [0.15, 0.2) is 52.5 Å². The number of methoxy groups -OCH3 is 1. The highest BCUT2D eigenvalue weighted by atomic mass is 32.2. The summed E-state index contributed by atoms with van der Waals surface area (Å²) in [6.07, 6.45) is 0. The normalized spacial score (nSPS) is 10.2. The van der Waals surface area contributed by atoms with Crippen molar-refractivity contribution in [2.24, 2.45) is 10.8 Å². The Morgan fingerprint density at radius 2 is 1.84 bits per heavy atom. The molecular formula is C20H26N4O7S. The van der Waals surface area contributed by atoms with Gasteiger partial charge in [-0.15, -0.1) is 0 Å². The quantitative estimate of drug-likeness (QED) is 0.217. The number of carboxylic acids is 1. The number of rotatable bonds is 9. The summed E-state index contributed by atoms with van der Waals surface area (Å²) in [7, 11) is -2.71. The summed E-state index contributed by atoms with van der Waals surface area (Å²) in [6.45, 7) is 6.55. The Hall–Kier alpha value is -3.80. The molecule has 0 saturated carbocycles. The first kappa shape index (κ1) is 26.2. The van der Waals surface area contributed by atoms with Gasteiger partial charge in [0.15, 0.2) is 0 Å². The third-order valence-corrected chi connectivity index (χ3v) is 4.88. The number of aliphatic carboxylic acids is 1. The lowest BCUT2D eigenvalue weighted by Gasteiger charge is -2.16. The molecule has 2 aromatic rings. The molecule has 0 heterocycles. The molecule has 0 spiro atoms. The maximum absolute atomic E-state index is 12.6. The van der Waals surface area contributed by atoms with Crippen molar-refractivity contribution in [3.05, 3.63) is 48.0 Å². The van der Waals surface area contributed by atoms with Gasteiger partial charge in [-0.3, -0.25) is 10.2 Å². The largest absolute Gasteiger partial charge is 0.495 e. The second-order valence-corrected chi connectivity index (χ2v) is 7.70. The van der Waals surface area contributed by atoms with Gasteiger partial charge in [-0.2, -0.15) is 13.5 Å². The number of hydrogen-bond acceptors (Lipinski definition) is 8. The summed E-state index contributed by atoms with van der Waals surface area (Å²) in [4.78, 5) is 8.93. The highest BCUT2D eigenvalue weighted by molar-refractivity contribution is 7.87. The fourth-order valence-electron chi connectivity index (χ4n) is 2.36. The fraction of sp³-hybridized carbons (Fsp3) is 0.250. The first-order chi connectivity index (χ1) is 15.0. The predicted molar refractivity (Wildman–Crippen MR) is 119 cm³/mol. The van der Waals surface area contributed by atoms with Gasteiger partial charge in [0.1, 0.15) is 28.8 Å². The molecular weight excluding hydrogens is 440 g/mol. The number of nitrogens with zero attached hydrogens (tertiary/aromatic N) is 2. The lowest BCUT2D eigenvalue weighted by molar-refractivity contribution is -0.134. The van der Waals surface area contributed by atoms with E-state index < -0.39 is 16.1 Å². The summed E-state index contributed by atoms with van der Waals surface area (Å²) >= 11 is 0. The first-order valence-electron chi connectivity index (χ1n) is 9.10. The van der Waals surface area contributed by atoms with Gasteiger partial charge in [0.05, 0.1) is 13.7 Å². The Labute approximate surface area is 186 Å². The van der Waals surface area contributed by atoms with Crippen molar-refractivity contribution in [3.8, 4) is 17.2 Å². The molecule has 11 nitrogen and oxygen atoms in total. The molecule has 0 amide bonds. The highest BCUT2D eigenvalue weighted by Crippen LogP contribution is 2.29. The third-order valence-electron chi connectivity index (χ3n) is 3.59. The molecule has 12 heteroatoms. The van der Waals surface area contributed by atoms with Gasteiger partial charge in [-0.1, -0.05) is 12.1 Å². The number of nitrogens with one attached hydrogen (secondary N) is 1. The van der Waals surface area contributed by atoms with Crippen molar-refractivity contribution in [1.29, 1.82) is 5.41 Å². The van der Waals surface area contributed by atoms with Crippen molar-refractivity contribution in [3.63, 3.8) is 0 Å². The Kier molecular flexibility index (Phi) is 9.96. The minimum absolute atomic E-state index is 0.0735. The van der Waals surface area contributed by atoms with Crippen LogP contribution in [0.4, 0.5) is 0 Å². The van der Waals surface area contributed by atoms with Crippen LogP contribution in [0.5, 0.6) is 17.2 Å². The minimum atomic E-state index is -4.10. The van der Waals surface area contributed by atoms with Gasteiger partial charge in [0.2, 0.25) is 5.96 Å². The Bertz CT molecular complexity index is 1050. The minimum Gasteiger partial charge on any atom is -0.495 e. The summed E-state index contributed by atoms with van der Waals surface area (Å²) < 4.78 is 41.2. The van der Waals surface area contributed by atoms with Gasteiger partial charge in [0, 0.05) is 19.7 Å². The molecule has 2 rings (SSSR count). The van der Waals surface area contributed by atoms with E-state index in [-0.39, 0.29) is 35.5 Å². The maximum atomic E-state index is 12.6. The molecule has 2 aromatic carbocycles. The highest BCUT2D eigenvalue weighted by Gasteiger charge is 2.22. The number of hydrazone groups is 1. The van der Waals surface area contributed by atoms with Crippen LogP contribution < -0.4 is 19.4 Å². The predicted octanol–water partition coefficient (Wildman–Crippen LogP) is 2.05. The lowest BCUT2D eigenvalue weighted by Crippen LogP contribution is -2.34. The van der Waals surface area contributed by atoms with Crippen molar-refractivity contribution in [1.82, 2.24) is 5.01 Å². The SMILES string of the molecule is C=NN(CCOc1cc(C)cc(OS(=O)(=O)c2ccccc2OC)c1)C(=N)N.CC(=O)O. The van der Waals surface area contributed by atoms with Crippen LogP contribution in [-0.4, -0.2) is 57.4 Å². The van der Waals surface area contributed by atoms with E-state index in [1.807, 2.05) is 0 Å². The number of nitrogens with two attached hydrogens (primary N) is 1. The van der Waals surface area contributed by atoms with Crippen LogP contribution in [0, 0.1) is 12.3 Å². The van der Waals surface area contributed by atoms with Crippen molar-refractivity contribution < 1.29 is 32.0 Å². The monoisotopic (exact) mass is 466 g/mol. The van der Waals surface area contributed by atoms with E-state index in [1.54, 1.807) is 31.2 Å². The number of benzene rings is 2. The van der Waals surface area contributed by atoms with Gasteiger partial charge in [0.25, 0.3) is 5.97 Å². The van der Waals surface area contributed by atoms with Crippen LogP contribution in [-0.2, 0) is 14.9 Å². The number of carbonyl (C=O) groups is 1. The zero-order valence-electron chi connectivity index (χ0n) is 17.9. The van der Waals surface area contributed by atoms with Crippen molar-refractivity contribution >= 4 is 28.8 Å². The summed E-state index contributed by atoms with van der Waals surface area (Å²) in [5.41, 5.74) is 6.09. The lowest BCUT2D eigenvalue weighted by atomic mass is 10.2. The molecule has 4 N–H and O–H groups in total. The second kappa shape index (κ2) is 12.2. The topological polar surface area (TPSA) is 165 Å². The molecule has 0 saturated heterocycles. The van der Waals surface area contributed by atoms with Crippen molar-refractivity contribution in [2.45, 2.75) is 18.7 Å². The zero-order valence-corrected chi connectivity index (χ0v) is 18.8. The molecule has 32 heavy (non-hydrogen) atoms. The number of ether oxygens (including phenoxy) is 2. The van der Waals surface area contributed by atoms with Crippen LogP contribution in [0.25, 0.3) is 0 Å². The number of hydrogen-bond donors (Lipinski definition) is 3.